The first kappa shape index (κ1) is 36.4. The molecule has 4 saturated carbocycles. The fraction of sp³-hybridized carbons (Fsp3) is 0.600. The number of rotatable bonds is 10. The number of aryl methyl sites for hydroxylation is 1. The minimum absolute atomic E-state index is 0.00307. The first-order valence-electron chi connectivity index (χ1n) is 18.8. The second-order valence-electron chi connectivity index (χ2n) is 16.2. The van der Waals surface area contributed by atoms with Crippen LogP contribution in [0.25, 0.3) is 11.3 Å². The van der Waals surface area contributed by atoms with Gasteiger partial charge in [0.15, 0.2) is 15.7 Å². The molecule has 2 bridgehead atoms. The number of carbonyl (C=O) groups is 2. The van der Waals surface area contributed by atoms with E-state index in [9.17, 15) is 18.0 Å². The van der Waals surface area contributed by atoms with E-state index >= 15 is 0 Å². The van der Waals surface area contributed by atoms with Crippen molar-refractivity contribution in [2.45, 2.75) is 108 Å². The molecule has 1 aromatic carbocycles. The summed E-state index contributed by atoms with van der Waals surface area (Å²) in [6.07, 6.45) is 12.6. The molecule has 0 N–H and O–H groups in total. The molecule has 0 radical (unpaired) electrons. The number of benzene rings is 1. The Hall–Kier alpha value is -3.93. The van der Waals surface area contributed by atoms with Gasteiger partial charge in [-0.3, -0.25) is 9.69 Å². The highest BCUT2D eigenvalue weighted by Crippen LogP contribution is 2.58. The zero-order valence-electron chi connectivity index (χ0n) is 31.1. The van der Waals surface area contributed by atoms with Crippen LogP contribution in [-0.4, -0.2) is 79.6 Å². The summed E-state index contributed by atoms with van der Waals surface area (Å²) in [7, 11) is -1.46. The fourth-order valence-electron chi connectivity index (χ4n) is 8.88. The number of pyridine rings is 1. The smallest absolute Gasteiger partial charge is 0.410 e. The molecule has 3 aromatic rings. The van der Waals surface area contributed by atoms with Crippen molar-refractivity contribution < 1.29 is 31.9 Å². The summed E-state index contributed by atoms with van der Waals surface area (Å²) in [6.45, 7) is 7.15. The number of carbonyl (C=O) groups excluding carboxylic acids is 2. The third-order valence-corrected chi connectivity index (χ3v) is 14.0. The number of aromatic nitrogens is 2. The van der Waals surface area contributed by atoms with Gasteiger partial charge >= 0.3 is 6.09 Å². The van der Waals surface area contributed by atoms with Gasteiger partial charge in [0.2, 0.25) is 5.91 Å². The molecule has 1 saturated heterocycles. The van der Waals surface area contributed by atoms with E-state index in [0.29, 0.717) is 43.9 Å². The zero-order valence-corrected chi connectivity index (χ0v) is 31.9. The number of hydrogen-bond acceptors (Lipinski definition) is 9. The van der Waals surface area contributed by atoms with Crippen LogP contribution in [-0.2, 0) is 24.8 Å². The predicted molar refractivity (Wildman–Crippen MR) is 198 cm³/mol. The van der Waals surface area contributed by atoms with Gasteiger partial charge in [-0.2, -0.15) is 0 Å². The monoisotopic (exact) mass is 732 g/mol. The SMILES string of the molecule is COc1ccc(C23CCC(CN(C(=O)C4CCC(OC(=O)N5CC(S(C)(=O)=O)C5)CC4)c4cc(-c5coc(C(C)C)n5)ccn4)(CC2)CC3)cc1C. The number of ether oxygens (including phenoxy) is 2. The van der Waals surface area contributed by atoms with Crippen molar-refractivity contribution >= 4 is 27.7 Å². The predicted octanol–water partition coefficient (Wildman–Crippen LogP) is 7.23. The summed E-state index contributed by atoms with van der Waals surface area (Å²) in [6, 6.07) is 10.5. The van der Waals surface area contributed by atoms with E-state index in [-0.39, 0.29) is 47.8 Å². The van der Waals surface area contributed by atoms with E-state index in [4.69, 9.17) is 23.9 Å². The quantitative estimate of drug-likeness (QED) is 0.212. The highest BCUT2D eigenvalue weighted by atomic mass is 32.2. The lowest BCUT2D eigenvalue weighted by Gasteiger charge is -2.55. The highest BCUT2D eigenvalue weighted by molar-refractivity contribution is 7.91. The lowest BCUT2D eigenvalue weighted by atomic mass is 9.51. The lowest BCUT2D eigenvalue weighted by molar-refractivity contribution is -0.124. The molecular formula is C40H52N4O7S. The van der Waals surface area contributed by atoms with Crippen LogP contribution in [0.3, 0.4) is 0 Å². The molecule has 2 aromatic heterocycles. The van der Waals surface area contributed by atoms with Gasteiger partial charge in [0.25, 0.3) is 0 Å². The molecule has 2 amide bonds. The van der Waals surface area contributed by atoms with Crippen molar-refractivity contribution in [2.24, 2.45) is 11.3 Å². The molecule has 52 heavy (non-hydrogen) atoms. The first-order valence-corrected chi connectivity index (χ1v) is 20.8. The van der Waals surface area contributed by atoms with Crippen LogP contribution in [0.1, 0.15) is 101 Å². The molecule has 8 rings (SSSR count). The number of likely N-dealkylation sites (tertiary alicyclic amines) is 1. The molecule has 5 aliphatic rings. The summed E-state index contributed by atoms with van der Waals surface area (Å²) in [5.74, 6) is 2.22. The Balaban J connectivity index is 1.07. The molecule has 3 heterocycles. The number of fused-ring (bicyclic) bond motifs is 3. The van der Waals surface area contributed by atoms with Crippen molar-refractivity contribution in [3.8, 4) is 17.0 Å². The number of oxazole rings is 1. The van der Waals surface area contributed by atoms with Crippen molar-refractivity contribution in [1.29, 1.82) is 0 Å². The summed E-state index contributed by atoms with van der Waals surface area (Å²) >= 11 is 0. The summed E-state index contributed by atoms with van der Waals surface area (Å²) in [4.78, 5) is 40.3. The Morgan fingerprint density at radius 3 is 2.31 bits per heavy atom. The molecule has 0 atom stereocenters. The number of anilines is 1. The van der Waals surface area contributed by atoms with Gasteiger partial charge in [-0.15, -0.1) is 0 Å². The van der Waals surface area contributed by atoms with Crippen LogP contribution >= 0.6 is 0 Å². The fourth-order valence-corrected chi connectivity index (χ4v) is 9.78. The molecule has 0 unspecified atom stereocenters. The normalized spacial score (nSPS) is 26.2. The average Bonchev–Trinajstić information content (AvgIpc) is 3.62. The van der Waals surface area contributed by atoms with E-state index in [1.165, 1.54) is 16.7 Å². The minimum atomic E-state index is -3.18. The Bertz CT molecular complexity index is 1880. The van der Waals surface area contributed by atoms with Gasteiger partial charge in [-0.05, 0) is 111 Å². The van der Waals surface area contributed by atoms with E-state index in [1.54, 1.807) is 19.6 Å². The van der Waals surface area contributed by atoms with Crippen LogP contribution in [0.15, 0.2) is 47.2 Å². The molecule has 11 nitrogen and oxygen atoms in total. The Labute approximate surface area is 307 Å². The molecule has 4 aliphatic carbocycles. The lowest BCUT2D eigenvalue weighted by Crippen LogP contribution is -2.57. The minimum Gasteiger partial charge on any atom is -0.496 e. The van der Waals surface area contributed by atoms with Gasteiger partial charge in [-0.1, -0.05) is 26.0 Å². The van der Waals surface area contributed by atoms with E-state index in [2.05, 4.69) is 25.1 Å². The molecule has 0 spiro atoms. The maximum atomic E-state index is 14.7. The standard InChI is InChI=1S/C40H52N4O7S/c1-26(2)36-42-33(24-50-36)29-12-19-41-35(21-29)44(25-39-13-16-40(17-14-39,18-15-39)30-8-11-34(49-4)27(3)20-30)37(45)28-6-9-31(10-7-28)51-38(46)43-22-32(23-43)52(5,47)48/h8,11-12,19-21,24,26,28,31-32H,6-7,9-10,13-18,22-23,25H2,1-5H3. The van der Waals surface area contributed by atoms with Gasteiger partial charge in [-0.25, -0.2) is 23.2 Å². The first-order chi connectivity index (χ1) is 24.8. The Morgan fingerprint density at radius 2 is 1.71 bits per heavy atom. The second kappa shape index (κ2) is 14.1. The Kier molecular flexibility index (Phi) is 9.90. The largest absolute Gasteiger partial charge is 0.496 e. The highest BCUT2D eigenvalue weighted by Gasteiger charge is 2.51. The summed E-state index contributed by atoms with van der Waals surface area (Å²) < 4.78 is 40.6. The number of methoxy groups -OCH3 is 1. The van der Waals surface area contributed by atoms with E-state index < -0.39 is 21.2 Å². The second-order valence-corrected chi connectivity index (χ2v) is 18.6. The Morgan fingerprint density at radius 1 is 1.02 bits per heavy atom. The maximum absolute atomic E-state index is 14.7. The van der Waals surface area contributed by atoms with Crippen molar-refractivity contribution in [2.75, 3.05) is 37.9 Å². The molecule has 12 heteroatoms. The number of amides is 2. The van der Waals surface area contributed by atoms with Crippen LogP contribution in [0.4, 0.5) is 10.6 Å². The molecule has 1 aliphatic heterocycles. The van der Waals surface area contributed by atoms with E-state index in [1.807, 2.05) is 30.9 Å². The number of hydrogen-bond donors (Lipinski definition) is 0. The van der Waals surface area contributed by atoms with Gasteiger partial charge in [0.1, 0.15) is 29.6 Å². The summed E-state index contributed by atoms with van der Waals surface area (Å²) in [5, 5.41) is -0.524. The topological polar surface area (TPSA) is 132 Å². The number of nitrogens with zero attached hydrogens (tertiary/aromatic N) is 4. The molecular weight excluding hydrogens is 681 g/mol. The van der Waals surface area contributed by atoms with Gasteiger partial charge in [0, 0.05) is 49.5 Å². The van der Waals surface area contributed by atoms with Crippen LogP contribution in [0.2, 0.25) is 0 Å². The van der Waals surface area contributed by atoms with Gasteiger partial charge in [0.05, 0.1) is 12.4 Å². The number of sulfone groups is 1. The average molecular weight is 733 g/mol. The third-order valence-electron chi connectivity index (χ3n) is 12.5. The van der Waals surface area contributed by atoms with E-state index in [0.717, 1.165) is 61.1 Å². The summed E-state index contributed by atoms with van der Waals surface area (Å²) in [5.41, 5.74) is 4.31. The third kappa shape index (κ3) is 7.19. The van der Waals surface area contributed by atoms with Crippen LogP contribution in [0.5, 0.6) is 5.75 Å². The maximum Gasteiger partial charge on any atom is 0.410 e. The molecule has 280 valence electrons. The van der Waals surface area contributed by atoms with Crippen LogP contribution in [0, 0.1) is 18.3 Å². The van der Waals surface area contributed by atoms with Gasteiger partial charge < -0.3 is 18.8 Å². The molecule has 5 fully saturated rings. The van der Waals surface area contributed by atoms with Crippen molar-refractivity contribution in [1.82, 2.24) is 14.9 Å². The zero-order chi connectivity index (χ0) is 36.8. The van der Waals surface area contributed by atoms with Crippen molar-refractivity contribution in [3.63, 3.8) is 0 Å². The van der Waals surface area contributed by atoms with Crippen LogP contribution < -0.4 is 9.64 Å². The van der Waals surface area contributed by atoms with Crippen molar-refractivity contribution in [3.05, 3.63) is 59.8 Å².